The van der Waals surface area contributed by atoms with E-state index in [1.165, 1.54) is 12.0 Å². The van der Waals surface area contributed by atoms with E-state index in [1.54, 1.807) is 12.4 Å². The number of carbonyl (C=O) groups excluding carboxylic acids is 1. The Morgan fingerprint density at radius 1 is 1.34 bits per heavy atom. The quantitative estimate of drug-likeness (QED) is 0.650. The highest BCUT2D eigenvalue weighted by atomic mass is 16.1. The Balaban J connectivity index is 1.62. The van der Waals surface area contributed by atoms with Crippen LogP contribution in [-0.2, 0) is 6.54 Å². The molecule has 1 atom stereocenters. The summed E-state index contributed by atoms with van der Waals surface area (Å²) in [7, 11) is 2.03. The summed E-state index contributed by atoms with van der Waals surface area (Å²) in [6, 6.07) is 9.05. The molecule has 1 saturated heterocycles. The number of H-pyrrole nitrogens is 1. The number of fused-ring (bicyclic) bond motifs is 1. The van der Waals surface area contributed by atoms with Gasteiger partial charge in [0.1, 0.15) is 5.52 Å². The van der Waals surface area contributed by atoms with E-state index >= 15 is 0 Å². The zero-order valence-corrected chi connectivity index (χ0v) is 17.6. The monoisotopic (exact) mass is 391 g/mol. The number of aromatic nitrogens is 3. The molecule has 0 spiro atoms. The first-order chi connectivity index (χ1) is 13.8. The number of ketones is 1. The van der Waals surface area contributed by atoms with Crippen LogP contribution >= 0.6 is 0 Å². The van der Waals surface area contributed by atoms with Crippen LogP contribution in [0.3, 0.4) is 0 Å². The predicted octanol–water partition coefficient (Wildman–Crippen LogP) is 3.65. The van der Waals surface area contributed by atoms with Gasteiger partial charge in [-0.3, -0.25) is 9.69 Å². The summed E-state index contributed by atoms with van der Waals surface area (Å²) in [6.07, 6.45) is 4.69. The van der Waals surface area contributed by atoms with Gasteiger partial charge in [-0.05, 0) is 25.1 Å². The van der Waals surface area contributed by atoms with Gasteiger partial charge in [-0.15, -0.1) is 0 Å². The van der Waals surface area contributed by atoms with Gasteiger partial charge in [0, 0.05) is 42.9 Å². The Morgan fingerprint density at radius 2 is 2.17 bits per heavy atom. The molecule has 1 aliphatic heterocycles. The fraction of sp³-hybridized carbons (Fsp3) is 0.435. The molecule has 152 valence electrons. The summed E-state index contributed by atoms with van der Waals surface area (Å²) in [6.45, 7) is 8.89. The molecule has 2 N–H and O–H groups in total. The van der Waals surface area contributed by atoms with Crippen LogP contribution in [0.25, 0.3) is 22.4 Å². The summed E-state index contributed by atoms with van der Waals surface area (Å²) in [5.41, 5.74) is 4.51. The highest BCUT2D eigenvalue weighted by Crippen LogP contribution is 2.27. The zero-order chi connectivity index (χ0) is 20.6. The van der Waals surface area contributed by atoms with Gasteiger partial charge >= 0.3 is 0 Å². The van der Waals surface area contributed by atoms with E-state index in [0.29, 0.717) is 22.8 Å². The third kappa shape index (κ3) is 4.09. The molecule has 1 fully saturated rings. The first kappa shape index (κ1) is 19.7. The largest absolute Gasteiger partial charge is 0.344 e. The normalized spacial score (nSPS) is 17.9. The number of hydrogen-bond donors (Lipinski definition) is 2. The molecular weight excluding hydrogens is 362 g/mol. The molecule has 0 bridgehead atoms. The Hall–Kier alpha value is -2.57. The Labute approximate surface area is 171 Å². The third-order valence-electron chi connectivity index (χ3n) is 5.62. The van der Waals surface area contributed by atoms with Crippen molar-refractivity contribution in [2.75, 3.05) is 20.1 Å². The maximum atomic E-state index is 12.8. The number of hydrogen-bond acceptors (Lipinski definition) is 5. The van der Waals surface area contributed by atoms with Gasteiger partial charge in [0.05, 0.1) is 17.5 Å². The van der Waals surface area contributed by atoms with Gasteiger partial charge in [-0.25, -0.2) is 9.97 Å². The highest BCUT2D eigenvalue weighted by Gasteiger charge is 2.26. The van der Waals surface area contributed by atoms with Gasteiger partial charge in [0.15, 0.2) is 11.4 Å². The lowest BCUT2D eigenvalue weighted by atomic mass is 9.87. The molecule has 0 saturated carbocycles. The molecule has 1 aromatic carbocycles. The van der Waals surface area contributed by atoms with Crippen LogP contribution in [0.1, 0.15) is 43.1 Å². The van der Waals surface area contributed by atoms with Crippen molar-refractivity contribution in [1.82, 2.24) is 25.2 Å². The van der Waals surface area contributed by atoms with Crippen LogP contribution in [0.5, 0.6) is 0 Å². The van der Waals surface area contributed by atoms with Crippen LogP contribution in [0, 0.1) is 5.41 Å². The van der Waals surface area contributed by atoms with Crippen molar-refractivity contribution in [2.45, 2.75) is 39.8 Å². The maximum absolute atomic E-state index is 12.8. The van der Waals surface area contributed by atoms with E-state index in [9.17, 15) is 4.79 Å². The number of nitrogens with one attached hydrogen (secondary N) is 2. The number of Topliss-reactive ketones (excluding diaryl/α,β-unsaturated/α-hetero) is 1. The number of likely N-dealkylation sites (N-methyl/N-ethyl adjacent to an activating group) is 1. The lowest BCUT2D eigenvalue weighted by molar-refractivity contribution is 0.0860. The highest BCUT2D eigenvalue weighted by molar-refractivity contribution is 6.08. The molecule has 0 amide bonds. The number of nitrogens with zero attached hydrogens (tertiary/aromatic N) is 3. The van der Waals surface area contributed by atoms with Gasteiger partial charge in [-0.2, -0.15) is 0 Å². The average Bonchev–Trinajstić information content (AvgIpc) is 3.33. The molecule has 6 nitrogen and oxygen atoms in total. The fourth-order valence-corrected chi connectivity index (χ4v) is 3.91. The molecule has 29 heavy (non-hydrogen) atoms. The molecule has 3 heterocycles. The smallest absolute Gasteiger partial charge is 0.171 e. The number of aromatic amines is 1. The second-order valence-electron chi connectivity index (χ2n) is 8.94. The summed E-state index contributed by atoms with van der Waals surface area (Å²) >= 11 is 0. The fourth-order valence-electron chi connectivity index (χ4n) is 3.91. The van der Waals surface area contributed by atoms with Crippen molar-refractivity contribution in [3.05, 3.63) is 47.8 Å². The van der Waals surface area contributed by atoms with E-state index in [1.807, 2.05) is 27.8 Å². The van der Waals surface area contributed by atoms with Crippen LogP contribution < -0.4 is 5.32 Å². The number of rotatable bonds is 5. The molecule has 1 unspecified atom stereocenters. The molecule has 1 aliphatic rings. The van der Waals surface area contributed by atoms with Gasteiger partial charge < -0.3 is 10.3 Å². The second-order valence-corrected chi connectivity index (χ2v) is 8.94. The minimum absolute atomic E-state index is 0.0667. The van der Waals surface area contributed by atoms with Gasteiger partial charge in [0.2, 0.25) is 0 Å². The van der Waals surface area contributed by atoms with Crippen molar-refractivity contribution in [3.63, 3.8) is 0 Å². The molecule has 0 aliphatic carbocycles. The standard InChI is InChI=1S/C23H29N5O/c1-23(2,3)21(29)18-11-25-22-20(18)27-19(12-26-22)16-7-5-6-15(10-16)13-28-9-8-17(14-28)24-4/h5-7,10-12,17,24H,8-9,13-14H2,1-4H3,(H,25,26). The molecule has 6 heteroatoms. The van der Waals surface area contributed by atoms with Crippen LogP contribution in [0.4, 0.5) is 0 Å². The van der Waals surface area contributed by atoms with Crippen LogP contribution in [-0.4, -0.2) is 51.8 Å². The number of benzene rings is 1. The van der Waals surface area contributed by atoms with E-state index in [2.05, 4.69) is 44.5 Å². The van der Waals surface area contributed by atoms with Crippen LogP contribution in [0.2, 0.25) is 0 Å². The van der Waals surface area contributed by atoms with E-state index in [0.717, 1.165) is 30.9 Å². The van der Waals surface area contributed by atoms with E-state index < -0.39 is 5.41 Å². The van der Waals surface area contributed by atoms with Crippen molar-refractivity contribution < 1.29 is 4.79 Å². The molecule has 4 rings (SSSR count). The Kier molecular flexibility index (Phi) is 5.23. The van der Waals surface area contributed by atoms with Crippen LogP contribution in [0.15, 0.2) is 36.7 Å². The lowest BCUT2D eigenvalue weighted by Crippen LogP contribution is -2.29. The Morgan fingerprint density at radius 3 is 2.90 bits per heavy atom. The average molecular weight is 392 g/mol. The molecule has 0 radical (unpaired) electrons. The molecule has 3 aromatic rings. The van der Waals surface area contributed by atoms with Gasteiger partial charge in [-0.1, -0.05) is 39.0 Å². The third-order valence-corrected chi connectivity index (χ3v) is 5.62. The summed E-state index contributed by atoms with van der Waals surface area (Å²) in [5.74, 6) is 0.0667. The van der Waals surface area contributed by atoms with E-state index in [4.69, 9.17) is 4.98 Å². The van der Waals surface area contributed by atoms with E-state index in [-0.39, 0.29) is 5.78 Å². The SMILES string of the molecule is CNC1CCN(Cc2cccc(-c3cnc4[nH]cc(C(=O)C(C)(C)C)c4n3)c2)C1. The van der Waals surface area contributed by atoms with Crippen molar-refractivity contribution in [1.29, 1.82) is 0 Å². The van der Waals surface area contributed by atoms with Crippen molar-refractivity contribution >= 4 is 16.9 Å². The number of likely N-dealkylation sites (tertiary alicyclic amines) is 1. The summed E-state index contributed by atoms with van der Waals surface area (Å²) in [5, 5.41) is 3.37. The first-order valence-electron chi connectivity index (χ1n) is 10.2. The maximum Gasteiger partial charge on any atom is 0.171 e. The zero-order valence-electron chi connectivity index (χ0n) is 17.6. The van der Waals surface area contributed by atoms with Crippen molar-refractivity contribution in [2.24, 2.45) is 5.41 Å². The summed E-state index contributed by atoms with van der Waals surface area (Å²) in [4.78, 5) is 27.7. The number of carbonyl (C=O) groups is 1. The second kappa shape index (κ2) is 7.69. The van der Waals surface area contributed by atoms with Crippen molar-refractivity contribution in [3.8, 4) is 11.3 Å². The predicted molar refractivity (Wildman–Crippen MR) is 116 cm³/mol. The molecule has 2 aromatic heterocycles. The molecular formula is C23H29N5O. The topological polar surface area (TPSA) is 73.9 Å². The minimum Gasteiger partial charge on any atom is -0.344 e. The summed E-state index contributed by atoms with van der Waals surface area (Å²) < 4.78 is 0. The van der Waals surface area contributed by atoms with Gasteiger partial charge in [0.25, 0.3) is 0 Å². The minimum atomic E-state index is -0.465. The Bertz CT molecular complexity index is 1030. The lowest BCUT2D eigenvalue weighted by Gasteiger charge is -2.16. The first-order valence-corrected chi connectivity index (χ1v) is 10.2.